The molecule has 1 rings (SSSR count). The summed E-state index contributed by atoms with van der Waals surface area (Å²) in [6, 6.07) is 6.62. The molecule has 1 aromatic rings. The molecule has 0 fully saturated rings. The van der Waals surface area contributed by atoms with Crippen LogP contribution in [0.1, 0.15) is 25.3 Å². The number of aliphatic imine (C=N–C) groups is 1. The molecule has 0 amide bonds. The first-order valence-electron chi connectivity index (χ1n) is 4.99. The van der Waals surface area contributed by atoms with E-state index in [1.54, 1.807) is 24.4 Å². The summed E-state index contributed by atoms with van der Waals surface area (Å²) in [5, 5.41) is 10.7. The molecule has 0 atom stereocenters. The van der Waals surface area contributed by atoms with Gasteiger partial charge in [-0.2, -0.15) is 0 Å². The van der Waals surface area contributed by atoms with Gasteiger partial charge in [0.15, 0.2) is 0 Å². The van der Waals surface area contributed by atoms with Crippen molar-refractivity contribution < 1.29 is 4.92 Å². The van der Waals surface area contributed by atoms with Crippen molar-refractivity contribution in [1.82, 2.24) is 0 Å². The van der Waals surface area contributed by atoms with Crippen LogP contribution in [0.15, 0.2) is 29.3 Å². The highest BCUT2D eigenvalue weighted by atomic mass is 16.6. The molecule has 0 aliphatic rings. The summed E-state index contributed by atoms with van der Waals surface area (Å²) in [4.78, 5) is 14.4. The van der Waals surface area contributed by atoms with E-state index in [1.165, 1.54) is 6.07 Å². The molecule has 1 aromatic carbocycles. The Morgan fingerprint density at radius 3 is 2.87 bits per heavy atom. The van der Waals surface area contributed by atoms with E-state index in [9.17, 15) is 10.1 Å². The van der Waals surface area contributed by atoms with E-state index in [2.05, 4.69) is 11.9 Å². The SMILES string of the molecule is CCCCN=Cc1ccccc1[N+](=O)[O-]. The van der Waals surface area contributed by atoms with Crippen molar-refractivity contribution in [3.8, 4) is 0 Å². The molecule has 0 heterocycles. The van der Waals surface area contributed by atoms with Crippen molar-refractivity contribution in [3.63, 3.8) is 0 Å². The lowest BCUT2D eigenvalue weighted by Gasteiger charge is -1.95. The molecule has 0 aliphatic heterocycles. The molecule has 4 heteroatoms. The first-order valence-corrected chi connectivity index (χ1v) is 4.99. The van der Waals surface area contributed by atoms with E-state index in [0.717, 1.165) is 19.4 Å². The summed E-state index contributed by atoms with van der Waals surface area (Å²) in [7, 11) is 0. The Kier molecular flexibility index (Phi) is 4.47. The van der Waals surface area contributed by atoms with Gasteiger partial charge in [-0.25, -0.2) is 0 Å². The standard InChI is InChI=1S/C11H14N2O2/c1-2-3-8-12-9-10-6-4-5-7-11(10)13(14)15/h4-7,9H,2-3,8H2,1H3. The topological polar surface area (TPSA) is 55.5 Å². The number of para-hydroxylation sites is 1. The Balaban J connectivity index is 2.75. The first-order chi connectivity index (χ1) is 7.25. The number of nitro benzene ring substituents is 1. The fourth-order valence-electron chi connectivity index (χ4n) is 1.18. The minimum Gasteiger partial charge on any atom is -0.292 e. The number of nitrogens with zero attached hydrogens (tertiary/aromatic N) is 2. The van der Waals surface area contributed by atoms with Crippen LogP contribution in [0.3, 0.4) is 0 Å². The Hall–Kier alpha value is -1.71. The van der Waals surface area contributed by atoms with Gasteiger partial charge in [-0.15, -0.1) is 0 Å². The molecule has 0 saturated heterocycles. The van der Waals surface area contributed by atoms with Gasteiger partial charge in [-0.05, 0) is 12.5 Å². The highest BCUT2D eigenvalue weighted by Gasteiger charge is 2.09. The maximum atomic E-state index is 10.7. The van der Waals surface area contributed by atoms with E-state index < -0.39 is 0 Å². The maximum absolute atomic E-state index is 10.7. The maximum Gasteiger partial charge on any atom is 0.278 e. The molecule has 80 valence electrons. The molecule has 15 heavy (non-hydrogen) atoms. The van der Waals surface area contributed by atoms with E-state index in [0.29, 0.717) is 5.56 Å². The zero-order chi connectivity index (χ0) is 11.1. The van der Waals surface area contributed by atoms with E-state index in [-0.39, 0.29) is 10.6 Å². The minimum absolute atomic E-state index is 0.109. The summed E-state index contributed by atoms with van der Waals surface area (Å²) in [6.45, 7) is 2.81. The Bertz CT molecular complexity index is 361. The van der Waals surface area contributed by atoms with Crippen LogP contribution in [0.25, 0.3) is 0 Å². The van der Waals surface area contributed by atoms with Gasteiger partial charge in [0.25, 0.3) is 5.69 Å². The van der Waals surface area contributed by atoms with Crippen LogP contribution in [-0.4, -0.2) is 17.7 Å². The van der Waals surface area contributed by atoms with Crippen molar-refractivity contribution in [3.05, 3.63) is 39.9 Å². The van der Waals surface area contributed by atoms with E-state index in [4.69, 9.17) is 0 Å². The van der Waals surface area contributed by atoms with E-state index in [1.807, 2.05) is 0 Å². The van der Waals surface area contributed by atoms with Gasteiger partial charge in [0.2, 0.25) is 0 Å². The molecule has 0 N–H and O–H groups in total. The Morgan fingerprint density at radius 2 is 2.20 bits per heavy atom. The number of unbranched alkanes of at least 4 members (excludes halogenated alkanes) is 1. The second-order valence-corrected chi connectivity index (χ2v) is 3.20. The van der Waals surface area contributed by atoms with Crippen LogP contribution < -0.4 is 0 Å². The highest BCUT2D eigenvalue weighted by Crippen LogP contribution is 2.15. The molecule has 0 bridgehead atoms. The highest BCUT2D eigenvalue weighted by molar-refractivity contribution is 5.85. The zero-order valence-corrected chi connectivity index (χ0v) is 8.72. The fraction of sp³-hybridized carbons (Fsp3) is 0.364. The summed E-state index contributed by atoms with van der Waals surface area (Å²) < 4.78 is 0. The van der Waals surface area contributed by atoms with Crippen molar-refractivity contribution in [2.24, 2.45) is 4.99 Å². The number of hydrogen-bond acceptors (Lipinski definition) is 3. The lowest BCUT2D eigenvalue weighted by atomic mass is 10.2. The molecule has 0 aromatic heterocycles. The molecular formula is C11H14N2O2. The number of rotatable bonds is 5. The normalized spacial score (nSPS) is 10.7. The van der Waals surface area contributed by atoms with Crippen LogP contribution in [0, 0.1) is 10.1 Å². The largest absolute Gasteiger partial charge is 0.292 e. The summed E-state index contributed by atoms with van der Waals surface area (Å²) in [6.07, 6.45) is 3.67. The third-order valence-corrected chi connectivity index (χ3v) is 2.00. The van der Waals surface area contributed by atoms with Crippen LogP contribution in [0.5, 0.6) is 0 Å². The molecule has 4 nitrogen and oxygen atoms in total. The summed E-state index contributed by atoms with van der Waals surface area (Å²) in [5.74, 6) is 0. The Labute approximate surface area is 88.8 Å². The molecule has 0 radical (unpaired) electrons. The van der Waals surface area contributed by atoms with Gasteiger partial charge in [0.1, 0.15) is 0 Å². The van der Waals surface area contributed by atoms with Crippen molar-refractivity contribution >= 4 is 11.9 Å². The smallest absolute Gasteiger partial charge is 0.278 e. The second kappa shape index (κ2) is 5.90. The van der Waals surface area contributed by atoms with Gasteiger partial charge in [0.05, 0.1) is 10.5 Å². The van der Waals surface area contributed by atoms with Gasteiger partial charge in [-0.1, -0.05) is 25.5 Å². The molecule has 0 saturated carbocycles. The number of hydrogen-bond donors (Lipinski definition) is 0. The second-order valence-electron chi connectivity index (χ2n) is 3.20. The van der Waals surface area contributed by atoms with Crippen molar-refractivity contribution in [2.75, 3.05) is 6.54 Å². The average Bonchev–Trinajstić information content (AvgIpc) is 2.25. The molecular weight excluding hydrogens is 192 g/mol. The quantitative estimate of drug-likeness (QED) is 0.322. The van der Waals surface area contributed by atoms with Crippen LogP contribution >= 0.6 is 0 Å². The van der Waals surface area contributed by atoms with Gasteiger partial charge in [-0.3, -0.25) is 15.1 Å². The molecule has 0 unspecified atom stereocenters. The minimum atomic E-state index is -0.388. The van der Waals surface area contributed by atoms with Crippen molar-refractivity contribution in [2.45, 2.75) is 19.8 Å². The lowest BCUT2D eigenvalue weighted by Crippen LogP contribution is -1.94. The zero-order valence-electron chi connectivity index (χ0n) is 8.72. The number of nitro groups is 1. The van der Waals surface area contributed by atoms with Crippen LogP contribution in [0.4, 0.5) is 5.69 Å². The molecule has 0 spiro atoms. The van der Waals surface area contributed by atoms with Gasteiger partial charge >= 0.3 is 0 Å². The molecule has 0 aliphatic carbocycles. The summed E-state index contributed by atoms with van der Waals surface area (Å²) >= 11 is 0. The average molecular weight is 206 g/mol. The van der Waals surface area contributed by atoms with Crippen molar-refractivity contribution in [1.29, 1.82) is 0 Å². The Morgan fingerprint density at radius 1 is 1.47 bits per heavy atom. The van der Waals surface area contributed by atoms with Crippen LogP contribution in [0.2, 0.25) is 0 Å². The third kappa shape index (κ3) is 3.50. The van der Waals surface area contributed by atoms with Gasteiger partial charge < -0.3 is 0 Å². The summed E-state index contributed by atoms with van der Waals surface area (Å²) in [5.41, 5.74) is 0.677. The van der Waals surface area contributed by atoms with E-state index >= 15 is 0 Å². The lowest BCUT2D eigenvalue weighted by molar-refractivity contribution is -0.385. The third-order valence-electron chi connectivity index (χ3n) is 2.00. The fourth-order valence-corrected chi connectivity index (χ4v) is 1.18. The number of benzene rings is 1. The predicted octanol–water partition coefficient (Wildman–Crippen LogP) is 2.81. The predicted molar refractivity (Wildman–Crippen MR) is 60.5 cm³/mol. The van der Waals surface area contributed by atoms with Crippen LogP contribution in [-0.2, 0) is 0 Å². The monoisotopic (exact) mass is 206 g/mol. The van der Waals surface area contributed by atoms with Gasteiger partial charge in [0, 0.05) is 18.8 Å². The first kappa shape index (κ1) is 11.4.